The first-order valence-electron chi connectivity index (χ1n) is 6.78. The van der Waals surface area contributed by atoms with E-state index in [1.54, 1.807) is 0 Å². The fraction of sp³-hybridized carbons (Fsp3) is 0.533. The molecule has 1 atom stereocenters. The van der Waals surface area contributed by atoms with Gasteiger partial charge in [-0.1, -0.05) is 32.0 Å². The third-order valence-corrected chi connectivity index (χ3v) is 3.07. The van der Waals surface area contributed by atoms with E-state index in [0.29, 0.717) is 18.3 Å². The number of pyridine rings is 1. The van der Waals surface area contributed by atoms with Gasteiger partial charge >= 0.3 is 0 Å². The van der Waals surface area contributed by atoms with Crippen LogP contribution in [0.4, 0.5) is 0 Å². The molecule has 102 valence electrons. The van der Waals surface area contributed by atoms with Crippen molar-refractivity contribution in [2.45, 2.75) is 46.5 Å². The van der Waals surface area contributed by atoms with Crippen molar-refractivity contribution in [3.05, 3.63) is 41.3 Å². The highest BCUT2D eigenvalue weighted by Crippen LogP contribution is 2.21. The summed E-state index contributed by atoms with van der Waals surface area (Å²) in [5.74, 6) is 2.42. The normalized spacial score (nSPS) is 12.9. The van der Waals surface area contributed by atoms with Crippen LogP contribution in [0.5, 0.6) is 0 Å². The summed E-state index contributed by atoms with van der Waals surface area (Å²) in [7, 11) is 0. The standard InChI is InChI=1S/C15H21N3O/c1-10(2)7-11(3)15-17-14(18-19-15)8-13-6-5-12(4)16-9-13/h5-6,9-11H,7-8H2,1-4H3. The highest BCUT2D eigenvalue weighted by atomic mass is 16.5. The summed E-state index contributed by atoms with van der Waals surface area (Å²) in [6.45, 7) is 8.51. The van der Waals surface area contributed by atoms with Gasteiger partial charge in [-0.05, 0) is 30.9 Å². The molecule has 0 fully saturated rings. The van der Waals surface area contributed by atoms with Crippen LogP contribution in [-0.4, -0.2) is 15.1 Å². The van der Waals surface area contributed by atoms with Crippen LogP contribution in [0.15, 0.2) is 22.9 Å². The molecule has 2 aromatic heterocycles. The average Bonchev–Trinajstić information content (AvgIpc) is 2.80. The van der Waals surface area contributed by atoms with Gasteiger partial charge in [-0.25, -0.2) is 0 Å². The second-order valence-corrected chi connectivity index (χ2v) is 5.56. The Hall–Kier alpha value is -1.71. The van der Waals surface area contributed by atoms with Crippen LogP contribution in [-0.2, 0) is 6.42 Å². The zero-order chi connectivity index (χ0) is 13.8. The molecule has 0 aliphatic rings. The molecule has 0 radical (unpaired) electrons. The van der Waals surface area contributed by atoms with E-state index in [9.17, 15) is 0 Å². The Kier molecular flexibility index (Phi) is 4.30. The van der Waals surface area contributed by atoms with E-state index in [1.807, 2.05) is 19.2 Å². The molecule has 0 bridgehead atoms. The molecular formula is C15H21N3O. The highest BCUT2D eigenvalue weighted by molar-refractivity contribution is 5.17. The lowest BCUT2D eigenvalue weighted by Crippen LogP contribution is -1.99. The molecule has 2 heterocycles. The zero-order valence-corrected chi connectivity index (χ0v) is 12.1. The summed E-state index contributed by atoms with van der Waals surface area (Å²) in [4.78, 5) is 8.75. The predicted molar refractivity (Wildman–Crippen MR) is 73.9 cm³/mol. The van der Waals surface area contributed by atoms with E-state index in [2.05, 4.69) is 42.0 Å². The van der Waals surface area contributed by atoms with Gasteiger partial charge in [-0.15, -0.1) is 0 Å². The van der Waals surface area contributed by atoms with Crippen molar-refractivity contribution in [2.75, 3.05) is 0 Å². The Labute approximate surface area is 114 Å². The molecule has 2 aromatic rings. The van der Waals surface area contributed by atoms with Crippen molar-refractivity contribution in [1.82, 2.24) is 15.1 Å². The SMILES string of the molecule is Cc1ccc(Cc2noc(C(C)CC(C)C)n2)cn1. The van der Waals surface area contributed by atoms with Crippen LogP contribution in [0.1, 0.15) is 56.1 Å². The lowest BCUT2D eigenvalue weighted by molar-refractivity contribution is 0.338. The smallest absolute Gasteiger partial charge is 0.229 e. The van der Waals surface area contributed by atoms with Crippen LogP contribution in [0, 0.1) is 12.8 Å². The number of nitrogens with zero attached hydrogens (tertiary/aromatic N) is 3. The number of aryl methyl sites for hydroxylation is 1. The molecule has 4 nitrogen and oxygen atoms in total. The molecule has 0 aromatic carbocycles. The summed E-state index contributed by atoms with van der Waals surface area (Å²) in [5, 5.41) is 4.05. The lowest BCUT2D eigenvalue weighted by atomic mass is 9.99. The van der Waals surface area contributed by atoms with Gasteiger partial charge in [0.25, 0.3) is 0 Å². The first kappa shape index (κ1) is 13.7. The van der Waals surface area contributed by atoms with Crippen LogP contribution in [0.25, 0.3) is 0 Å². The third kappa shape index (κ3) is 3.88. The second-order valence-electron chi connectivity index (χ2n) is 5.56. The Morgan fingerprint density at radius 3 is 2.63 bits per heavy atom. The highest BCUT2D eigenvalue weighted by Gasteiger charge is 2.15. The minimum absolute atomic E-state index is 0.317. The van der Waals surface area contributed by atoms with Crippen molar-refractivity contribution >= 4 is 0 Å². The van der Waals surface area contributed by atoms with Gasteiger partial charge in [0.05, 0.1) is 0 Å². The first-order chi connectivity index (χ1) is 9.04. The molecule has 19 heavy (non-hydrogen) atoms. The van der Waals surface area contributed by atoms with Crippen molar-refractivity contribution in [3.63, 3.8) is 0 Å². The quantitative estimate of drug-likeness (QED) is 0.824. The monoisotopic (exact) mass is 259 g/mol. The molecule has 0 amide bonds. The Morgan fingerprint density at radius 1 is 1.21 bits per heavy atom. The van der Waals surface area contributed by atoms with E-state index in [-0.39, 0.29) is 0 Å². The Morgan fingerprint density at radius 2 is 2.00 bits per heavy atom. The molecule has 0 aliphatic heterocycles. The van der Waals surface area contributed by atoms with E-state index in [0.717, 1.165) is 29.4 Å². The van der Waals surface area contributed by atoms with Crippen LogP contribution in [0.3, 0.4) is 0 Å². The molecule has 4 heteroatoms. The number of aromatic nitrogens is 3. The van der Waals surface area contributed by atoms with Gasteiger partial charge in [0, 0.05) is 24.2 Å². The first-order valence-corrected chi connectivity index (χ1v) is 6.78. The fourth-order valence-corrected chi connectivity index (χ4v) is 2.13. The third-order valence-electron chi connectivity index (χ3n) is 3.07. The molecule has 0 saturated carbocycles. The maximum Gasteiger partial charge on any atom is 0.229 e. The van der Waals surface area contributed by atoms with Gasteiger partial charge < -0.3 is 4.52 Å². The average molecular weight is 259 g/mol. The summed E-state index contributed by atoms with van der Waals surface area (Å²) >= 11 is 0. The van der Waals surface area contributed by atoms with E-state index < -0.39 is 0 Å². The van der Waals surface area contributed by atoms with Gasteiger partial charge in [0.15, 0.2) is 5.82 Å². The predicted octanol–water partition coefficient (Wildman–Crippen LogP) is 3.51. The van der Waals surface area contributed by atoms with E-state index in [4.69, 9.17) is 4.52 Å². The summed E-state index contributed by atoms with van der Waals surface area (Å²) in [6.07, 6.45) is 3.60. The molecular weight excluding hydrogens is 238 g/mol. The molecule has 2 rings (SSSR count). The van der Waals surface area contributed by atoms with Crippen molar-refractivity contribution in [2.24, 2.45) is 5.92 Å². The zero-order valence-electron chi connectivity index (χ0n) is 12.1. The van der Waals surface area contributed by atoms with Crippen molar-refractivity contribution < 1.29 is 4.52 Å². The van der Waals surface area contributed by atoms with Crippen molar-refractivity contribution in [1.29, 1.82) is 0 Å². The molecule has 0 saturated heterocycles. The second kappa shape index (κ2) is 5.95. The van der Waals surface area contributed by atoms with Crippen molar-refractivity contribution in [3.8, 4) is 0 Å². The van der Waals surface area contributed by atoms with Gasteiger partial charge in [-0.2, -0.15) is 4.98 Å². The number of hydrogen-bond donors (Lipinski definition) is 0. The summed E-state index contributed by atoms with van der Waals surface area (Å²) in [6, 6.07) is 4.05. The fourth-order valence-electron chi connectivity index (χ4n) is 2.13. The minimum Gasteiger partial charge on any atom is -0.339 e. The van der Waals surface area contributed by atoms with E-state index in [1.165, 1.54) is 0 Å². The molecule has 0 aliphatic carbocycles. The topological polar surface area (TPSA) is 51.8 Å². The van der Waals surface area contributed by atoms with Gasteiger partial charge in [-0.3, -0.25) is 4.98 Å². The summed E-state index contributed by atoms with van der Waals surface area (Å²) in [5.41, 5.74) is 2.12. The van der Waals surface area contributed by atoms with Crippen LogP contribution in [0.2, 0.25) is 0 Å². The maximum atomic E-state index is 5.34. The number of rotatable bonds is 5. The van der Waals surface area contributed by atoms with Crippen LogP contribution < -0.4 is 0 Å². The Balaban J connectivity index is 2.02. The largest absolute Gasteiger partial charge is 0.339 e. The summed E-state index contributed by atoms with van der Waals surface area (Å²) < 4.78 is 5.34. The van der Waals surface area contributed by atoms with E-state index >= 15 is 0 Å². The minimum atomic E-state index is 0.317. The van der Waals surface area contributed by atoms with Gasteiger partial charge in [0.2, 0.25) is 5.89 Å². The Bertz CT molecular complexity index is 516. The molecule has 0 spiro atoms. The molecule has 0 N–H and O–H groups in total. The van der Waals surface area contributed by atoms with Gasteiger partial charge in [0.1, 0.15) is 0 Å². The molecule has 1 unspecified atom stereocenters. The number of hydrogen-bond acceptors (Lipinski definition) is 4. The van der Waals surface area contributed by atoms with Crippen LogP contribution >= 0.6 is 0 Å². The maximum absolute atomic E-state index is 5.34. The lowest BCUT2D eigenvalue weighted by Gasteiger charge is -2.08.